The number of nitrogens with one attached hydrogen (secondary N) is 1. The number of carbonyl (C=O) groups excluding carboxylic acids is 2. The minimum Gasteiger partial charge on any atom is -0.347 e. The molecule has 116 valence electrons. The summed E-state index contributed by atoms with van der Waals surface area (Å²) < 4.78 is 0. The minimum atomic E-state index is -0.456. The van der Waals surface area contributed by atoms with Crippen LogP contribution in [0.1, 0.15) is 38.6 Å². The van der Waals surface area contributed by atoms with Gasteiger partial charge in [-0.25, -0.2) is 0 Å². The lowest BCUT2D eigenvalue weighted by Crippen LogP contribution is -2.50. The lowest BCUT2D eigenvalue weighted by atomic mass is 9.94. The molecule has 6 heteroatoms. The van der Waals surface area contributed by atoms with E-state index >= 15 is 0 Å². The van der Waals surface area contributed by atoms with Crippen LogP contribution in [0.4, 0.5) is 0 Å². The molecule has 21 heavy (non-hydrogen) atoms. The van der Waals surface area contributed by atoms with E-state index in [-0.39, 0.29) is 23.9 Å². The van der Waals surface area contributed by atoms with Crippen LogP contribution < -0.4 is 5.32 Å². The van der Waals surface area contributed by atoms with Crippen LogP contribution in [0.3, 0.4) is 0 Å². The van der Waals surface area contributed by atoms with Crippen molar-refractivity contribution in [2.24, 2.45) is 5.41 Å². The highest BCUT2D eigenvalue weighted by Crippen LogP contribution is 2.28. The molecule has 2 atom stereocenters. The molecule has 2 heterocycles. The monoisotopic (exact) mass is 326 g/mol. The molecule has 0 radical (unpaired) electrons. The molecule has 0 aliphatic carbocycles. The van der Waals surface area contributed by atoms with Crippen LogP contribution in [0.5, 0.6) is 0 Å². The van der Waals surface area contributed by atoms with Crippen molar-refractivity contribution >= 4 is 34.9 Å². The highest BCUT2D eigenvalue weighted by molar-refractivity contribution is 7.99. The summed E-state index contributed by atoms with van der Waals surface area (Å²) in [5, 5.41) is 5.02. The van der Waals surface area contributed by atoms with Crippen LogP contribution in [0.25, 0.3) is 0 Å². The molecule has 1 aromatic heterocycles. The standard InChI is InChI=1S/C15H22N2O2S2/c1-10(12-6-5-7-21-12)16-13(18)11-8-20-9-17(11)14(19)15(2,3)4/h5-7,10-11H,8-9H2,1-4H3,(H,16,18)/t10-,11+/m0/s1. The first-order chi connectivity index (χ1) is 9.80. The largest absolute Gasteiger partial charge is 0.347 e. The van der Waals surface area contributed by atoms with Crippen LogP contribution in [0, 0.1) is 5.41 Å². The van der Waals surface area contributed by atoms with Gasteiger partial charge in [0, 0.05) is 16.0 Å². The van der Waals surface area contributed by atoms with Gasteiger partial charge in [0.2, 0.25) is 11.8 Å². The molecule has 1 fully saturated rings. The second-order valence-electron chi connectivity index (χ2n) is 6.29. The maximum Gasteiger partial charge on any atom is 0.244 e. The first kappa shape index (κ1) is 16.4. The Labute approximate surface area is 134 Å². The van der Waals surface area contributed by atoms with Crippen molar-refractivity contribution in [2.75, 3.05) is 11.6 Å². The summed E-state index contributed by atoms with van der Waals surface area (Å²) >= 11 is 3.26. The molecule has 0 spiro atoms. The third-order valence-electron chi connectivity index (χ3n) is 3.42. The molecule has 1 N–H and O–H groups in total. The topological polar surface area (TPSA) is 49.4 Å². The van der Waals surface area contributed by atoms with Gasteiger partial charge in [0.1, 0.15) is 6.04 Å². The maximum atomic E-state index is 12.5. The Morgan fingerprint density at radius 2 is 2.14 bits per heavy atom. The van der Waals surface area contributed by atoms with E-state index in [1.807, 2.05) is 45.2 Å². The molecule has 4 nitrogen and oxygen atoms in total. The molecule has 1 aromatic rings. The molecule has 0 unspecified atom stereocenters. The Morgan fingerprint density at radius 3 is 2.71 bits per heavy atom. The highest BCUT2D eigenvalue weighted by Gasteiger charge is 2.39. The van der Waals surface area contributed by atoms with Gasteiger partial charge < -0.3 is 10.2 Å². The van der Waals surface area contributed by atoms with Crippen molar-refractivity contribution in [3.05, 3.63) is 22.4 Å². The number of hydrogen-bond acceptors (Lipinski definition) is 4. The van der Waals surface area contributed by atoms with Crippen LogP contribution in [-0.2, 0) is 9.59 Å². The van der Waals surface area contributed by atoms with Gasteiger partial charge in [-0.1, -0.05) is 26.8 Å². The fourth-order valence-corrected chi connectivity index (χ4v) is 4.10. The second-order valence-corrected chi connectivity index (χ2v) is 8.27. The number of hydrogen-bond donors (Lipinski definition) is 1. The highest BCUT2D eigenvalue weighted by atomic mass is 32.2. The first-order valence-electron chi connectivity index (χ1n) is 7.03. The number of thiophene rings is 1. The average Bonchev–Trinajstić information content (AvgIpc) is 3.07. The van der Waals surface area contributed by atoms with Crippen molar-refractivity contribution in [1.29, 1.82) is 0 Å². The van der Waals surface area contributed by atoms with Crippen molar-refractivity contribution in [2.45, 2.75) is 39.8 Å². The molecular weight excluding hydrogens is 304 g/mol. The quantitative estimate of drug-likeness (QED) is 0.929. The minimum absolute atomic E-state index is 0.0188. The van der Waals surface area contributed by atoms with Crippen molar-refractivity contribution in [3.63, 3.8) is 0 Å². The molecule has 1 aliphatic heterocycles. The average molecular weight is 326 g/mol. The molecule has 2 amide bonds. The van der Waals surface area contributed by atoms with E-state index in [4.69, 9.17) is 0 Å². The van der Waals surface area contributed by atoms with E-state index in [1.54, 1.807) is 28.0 Å². The third-order valence-corrected chi connectivity index (χ3v) is 5.48. The van der Waals surface area contributed by atoms with Gasteiger partial charge in [-0.2, -0.15) is 0 Å². The molecule has 2 rings (SSSR count). The molecule has 0 bridgehead atoms. The lowest BCUT2D eigenvalue weighted by molar-refractivity contribution is -0.144. The SMILES string of the molecule is C[C@H](NC(=O)[C@H]1CSCN1C(=O)C(C)(C)C)c1cccs1. The van der Waals surface area contributed by atoms with E-state index in [1.165, 1.54) is 0 Å². The van der Waals surface area contributed by atoms with Crippen LogP contribution in [0.15, 0.2) is 17.5 Å². The number of nitrogens with zero attached hydrogens (tertiary/aromatic N) is 1. The summed E-state index contributed by atoms with van der Waals surface area (Å²) in [4.78, 5) is 27.7. The Morgan fingerprint density at radius 1 is 1.43 bits per heavy atom. The summed E-state index contributed by atoms with van der Waals surface area (Å²) in [7, 11) is 0. The van der Waals surface area contributed by atoms with Gasteiger partial charge in [0.15, 0.2) is 0 Å². The normalized spacial score (nSPS) is 20.4. The van der Waals surface area contributed by atoms with Crippen molar-refractivity contribution < 1.29 is 9.59 Å². The fraction of sp³-hybridized carbons (Fsp3) is 0.600. The predicted octanol–water partition coefficient (Wildman–Crippen LogP) is 2.87. The molecule has 1 aliphatic rings. The Balaban J connectivity index is 2.03. The summed E-state index contributed by atoms with van der Waals surface area (Å²) in [5.74, 6) is 1.25. The summed E-state index contributed by atoms with van der Waals surface area (Å²) in [6.07, 6.45) is 0. The third kappa shape index (κ3) is 3.80. The zero-order valence-electron chi connectivity index (χ0n) is 12.9. The first-order valence-corrected chi connectivity index (χ1v) is 9.06. The van der Waals surface area contributed by atoms with Gasteiger partial charge >= 0.3 is 0 Å². The van der Waals surface area contributed by atoms with Crippen molar-refractivity contribution in [3.8, 4) is 0 Å². The fourth-order valence-electron chi connectivity index (χ4n) is 2.21. The predicted molar refractivity (Wildman–Crippen MR) is 88.3 cm³/mol. The summed E-state index contributed by atoms with van der Waals surface area (Å²) in [5.41, 5.74) is -0.456. The summed E-state index contributed by atoms with van der Waals surface area (Å²) in [6, 6.07) is 3.61. The summed E-state index contributed by atoms with van der Waals surface area (Å²) in [6.45, 7) is 7.65. The molecule has 0 saturated carbocycles. The Kier molecular flexibility index (Phi) is 4.99. The zero-order valence-corrected chi connectivity index (χ0v) is 14.5. The van der Waals surface area contributed by atoms with Gasteiger partial charge in [-0.05, 0) is 18.4 Å². The van der Waals surface area contributed by atoms with E-state index in [0.717, 1.165) is 4.88 Å². The van der Waals surface area contributed by atoms with Crippen LogP contribution in [0.2, 0.25) is 0 Å². The van der Waals surface area contributed by atoms with Gasteiger partial charge in [-0.3, -0.25) is 9.59 Å². The molecule has 1 saturated heterocycles. The number of carbonyl (C=O) groups is 2. The van der Waals surface area contributed by atoms with E-state index in [2.05, 4.69) is 5.32 Å². The van der Waals surface area contributed by atoms with E-state index < -0.39 is 5.41 Å². The smallest absolute Gasteiger partial charge is 0.244 e. The van der Waals surface area contributed by atoms with Crippen LogP contribution in [-0.4, -0.2) is 34.4 Å². The maximum absolute atomic E-state index is 12.5. The Bertz CT molecular complexity index is 508. The molecule has 0 aromatic carbocycles. The van der Waals surface area contributed by atoms with E-state index in [9.17, 15) is 9.59 Å². The lowest BCUT2D eigenvalue weighted by Gasteiger charge is -2.30. The van der Waals surface area contributed by atoms with Gasteiger partial charge in [-0.15, -0.1) is 23.1 Å². The van der Waals surface area contributed by atoms with Gasteiger partial charge in [0.05, 0.1) is 11.9 Å². The number of thioether (sulfide) groups is 1. The second kappa shape index (κ2) is 6.40. The van der Waals surface area contributed by atoms with Gasteiger partial charge in [0.25, 0.3) is 0 Å². The number of rotatable bonds is 3. The van der Waals surface area contributed by atoms with Crippen molar-refractivity contribution in [1.82, 2.24) is 10.2 Å². The Hall–Kier alpha value is -1.01. The number of amides is 2. The van der Waals surface area contributed by atoms with Crippen LogP contribution >= 0.6 is 23.1 Å². The molecular formula is C15H22N2O2S2. The zero-order chi connectivity index (χ0) is 15.6. The van der Waals surface area contributed by atoms with E-state index in [0.29, 0.717) is 11.6 Å².